The lowest BCUT2D eigenvalue weighted by Crippen LogP contribution is -2.46. The first-order valence-electron chi connectivity index (χ1n) is 4.38. The van der Waals surface area contributed by atoms with Gasteiger partial charge in [-0.05, 0) is 18.2 Å². The van der Waals surface area contributed by atoms with E-state index in [1.807, 2.05) is 0 Å². The van der Waals surface area contributed by atoms with Gasteiger partial charge in [-0.3, -0.25) is 4.79 Å². The van der Waals surface area contributed by atoms with Crippen molar-refractivity contribution in [2.75, 3.05) is 13.1 Å². The summed E-state index contributed by atoms with van der Waals surface area (Å²) >= 11 is 5.58. The molecule has 2 nitrogen and oxygen atoms in total. The topological polar surface area (TPSA) is 29.1 Å². The zero-order valence-electron chi connectivity index (χ0n) is 7.39. The van der Waals surface area contributed by atoms with E-state index in [0.29, 0.717) is 18.7 Å². The van der Waals surface area contributed by atoms with Gasteiger partial charge in [0.25, 0.3) is 0 Å². The number of benzene rings is 1. The summed E-state index contributed by atoms with van der Waals surface area (Å²) in [4.78, 5) is 11.7. The van der Waals surface area contributed by atoms with Crippen molar-refractivity contribution in [2.45, 2.75) is 0 Å². The maximum Gasteiger partial charge on any atom is 0.168 e. The van der Waals surface area contributed by atoms with E-state index < -0.39 is 5.82 Å². The van der Waals surface area contributed by atoms with Crippen molar-refractivity contribution in [1.29, 1.82) is 0 Å². The smallest absolute Gasteiger partial charge is 0.168 e. The molecule has 0 amide bonds. The Morgan fingerprint density at radius 1 is 1.50 bits per heavy atom. The molecule has 0 radical (unpaired) electrons. The van der Waals surface area contributed by atoms with Gasteiger partial charge < -0.3 is 5.32 Å². The standard InChI is InChI=1S/C10H9ClFNO/c11-8-3-6(1-2-9(8)12)10(14)7-4-13-5-7/h1-3,7,13H,4-5H2. The van der Waals surface area contributed by atoms with Crippen molar-refractivity contribution in [3.8, 4) is 0 Å². The number of Topliss-reactive ketones (excluding diaryl/α,β-unsaturated/α-hetero) is 1. The van der Waals surface area contributed by atoms with E-state index in [0.717, 1.165) is 0 Å². The lowest BCUT2D eigenvalue weighted by Gasteiger charge is -2.25. The molecule has 1 saturated heterocycles. The van der Waals surface area contributed by atoms with Gasteiger partial charge in [-0.2, -0.15) is 0 Å². The van der Waals surface area contributed by atoms with E-state index in [-0.39, 0.29) is 16.7 Å². The molecule has 0 atom stereocenters. The molecule has 4 heteroatoms. The number of hydrogen-bond donors (Lipinski definition) is 1. The molecule has 1 aromatic rings. The Balaban J connectivity index is 2.23. The van der Waals surface area contributed by atoms with Gasteiger partial charge in [-0.1, -0.05) is 11.6 Å². The maximum atomic E-state index is 12.8. The molecule has 1 aliphatic rings. The molecule has 0 saturated carbocycles. The number of carbonyl (C=O) groups excluding carboxylic acids is 1. The summed E-state index contributed by atoms with van der Waals surface area (Å²) in [6.07, 6.45) is 0. The first-order valence-corrected chi connectivity index (χ1v) is 4.76. The Morgan fingerprint density at radius 2 is 2.21 bits per heavy atom. The van der Waals surface area contributed by atoms with Crippen LogP contribution in [0, 0.1) is 11.7 Å². The van der Waals surface area contributed by atoms with Gasteiger partial charge >= 0.3 is 0 Å². The van der Waals surface area contributed by atoms with Gasteiger partial charge in [0.15, 0.2) is 5.78 Å². The minimum atomic E-state index is -0.491. The van der Waals surface area contributed by atoms with Crippen molar-refractivity contribution in [2.24, 2.45) is 5.92 Å². The molecular formula is C10H9ClFNO. The van der Waals surface area contributed by atoms with Gasteiger partial charge in [0.05, 0.1) is 5.02 Å². The third kappa shape index (κ3) is 1.65. The van der Waals surface area contributed by atoms with Crippen LogP contribution in [0.1, 0.15) is 10.4 Å². The van der Waals surface area contributed by atoms with Gasteiger partial charge in [0.2, 0.25) is 0 Å². The van der Waals surface area contributed by atoms with E-state index >= 15 is 0 Å². The summed E-state index contributed by atoms with van der Waals surface area (Å²) in [5.41, 5.74) is 0.489. The fourth-order valence-electron chi connectivity index (χ4n) is 1.36. The van der Waals surface area contributed by atoms with Crippen LogP contribution in [0.15, 0.2) is 18.2 Å². The summed E-state index contributed by atoms with van der Waals surface area (Å²) in [6.45, 7) is 1.40. The summed E-state index contributed by atoms with van der Waals surface area (Å²) < 4.78 is 12.8. The highest BCUT2D eigenvalue weighted by molar-refractivity contribution is 6.31. The second-order valence-corrected chi connectivity index (χ2v) is 3.76. The van der Waals surface area contributed by atoms with Crippen LogP contribution in [0.5, 0.6) is 0 Å². The van der Waals surface area contributed by atoms with Crippen LogP contribution < -0.4 is 5.32 Å². The molecular weight excluding hydrogens is 205 g/mol. The number of ketones is 1. The highest BCUT2D eigenvalue weighted by Gasteiger charge is 2.26. The molecule has 1 aliphatic heterocycles. The summed E-state index contributed by atoms with van der Waals surface area (Å²) in [5.74, 6) is -0.433. The van der Waals surface area contributed by atoms with Gasteiger partial charge in [0.1, 0.15) is 5.82 Å². The average Bonchev–Trinajstić information content (AvgIpc) is 2.06. The molecule has 74 valence electrons. The number of nitrogens with one attached hydrogen (secondary N) is 1. The molecule has 1 aromatic carbocycles. The molecule has 1 N–H and O–H groups in total. The maximum absolute atomic E-state index is 12.8. The molecule has 14 heavy (non-hydrogen) atoms. The number of hydrogen-bond acceptors (Lipinski definition) is 2. The Bertz CT molecular complexity index is 376. The minimum Gasteiger partial charge on any atom is -0.315 e. The van der Waals surface area contributed by atoms with Gasteiger partial charge in [-0.25, -0.2) is 4.39 Å². The quantitative estimate of drug-likeness (QED) is 0.761. The fourth-order valence-corrected chi connectivity index (χ4v) is 1.54. The van der Waals surface area contributed by atoms with Crippen LogP contribution in [0.2, 0.25) is 5.02 Å². The van der Waals surface area contributed by atoms with Gasteiger partial charge in [0, 0.05) is 24.6 Å². The molecule has 1 fully saturated rings. The zero-order valence-corrected chi connectivity index (χ0v) is 8.14. The van der Waals surface area contributed by atoms with Crippen molar-refractivity contribution in [3.05, 3.63) is 34.6 Å². The lowest BCUT2D eigenvalue weighted by molar-refractivity contribution is 0.0878. The van der Waals surface area contributed by atoms with Crippen LogP contribution in [-0.2, 0) is 0 Å². The van der Waals surface area contributed by atoms with Crippen LogP contribution in [-0.4, -0.2) is 18.9 Å². The van der Waals surface area contributed by atoms with E-state index in [9.17, 15) is 9.18 Å². The third-order valence-electron chi connectivity index (χ3n) is 2.36. The normalized spacial score (nSPS) is 16.4. The minimum absolute atomic E-state index is 0.00290. The number of carbonyl (C=O) groups is 1. The van der Waals surface area contributed by atoms with E-state index in [4.69, 9.17) is 11.6 Å². The molecule has 0 aromatic heterocycles. The Kier molecular flexibility index (Phi) is 2.52. The number of halogens is 2. The Morgan fingerprint density at radius 3 is 2.71 bits per heavy atom. The molecule has 2 rings (SSSR count). The second-order valence-electron chi connectivity index (χ2n) is 3.35. The Hall–Kier alpha value is -0.930. The molecule has 0 aliphatic carbocycles. The summed E-state index contributed by atoms with van der Waals surface area (Å²) in [5, 5.41) is 3.01. The van der Waals surface area contributed by atoms with Crippen LogP contribution in [0.25, 0.3) is 0 Å². The predicted octanol–water partition coefficient (Wildman–Crippen LogP) is 1.88. The molecule has 0 unspecified atom stereocenters. The highest BCUT2D eigenvalue weighted by atomic mass is 35.5. The SMILES string of the molecule is O=C(c1ccc(F)c(Cl)c1)C1CNC1. The van der Waals surface area contributed by atoms with E-state index in [1.54, 1.807) is 0 Å². The third-order valence-corrected chi connectivity index (χ3v) is 2.65. The largest absolute Gasteiger partial charge is 0.315 e. The highest BCUT2D eigenvalue weighted by Crippen LogP contribution is 2.19. The first kappa shape index (κ1) is 9.62. The van der Waals surface area contributed by atoms with Crippen LogP contribution in [0.4, 0.5) is 4.39 Å². The fraction of sp³-hybridized carbons (Fsp3) is 0.300. The van der Waals surface area contributed by atoms with Crippen molar-refractivity contribution >= 4 is 17.4 Å². The molecule has 0 bridgehead atoms. The summed E-state index contributed by atoms with van der Waals surface area (Å²) in [6, 6.07) is 4.08. The van der Waals surface area contributed by atoms with Crippen molar-refractivity contribution in [1.82, 2.24) is 5.32 Å². The average molecular weight is 214 g/mol. The molecule has 1 heterocycles. The summed E-state index contributed by atoms with van der Waals surface area (Å²) in [7, 11) is 0. The monoisotopic (exact) mass is 213 g/mol. The number of rotatable bonds is 2. The van der Waals surface area contributed by atoms with Crippen LogP contribution >= 0.6 is 11.6 Å². The first-order chi connectivity index (χ1) is 6.68. The van der Waals surface area contributed by atoms with Crippen LogP contribution in [0.3, 0.4) is 0 Å². The predicted molar refractivity (Wildman–Crippen MR) is 52.1 cm³/mol. The van der Waals surface area contributed by atoms with E-state index in [1.165, 1.54) is 18.2 Å². The second kappa shape index (κ2) is 3.67. The molecule has 0 spiro atoms. The Labute approximate surface area is 86.1 Å². The van der Waals surface area contributed by atoms with Gasteiger partial charge in [-0.15, -0.1) is 0 Å². The van der Waals surface area contributed by atoms with E-state index in [2.05, 4.69) is 5.32 Å². The van der Waals surface area contributed by atoms with Crippen molar-refractivity contribution < 1.29 is 9.18 Å². The lowest BCUT2D eigenvalue weighted by atomic mass is 9.93. The van der Waals surface area contributed by atoms with Crippen molar-refractivity contribution in [3.63, 3.8) is 0 Å². The zero-order chi connectivity index (χ0) is 10.1.